The van der Waals surface area contributed by atoms with Crippen molar-refractivity contribution in [3.05, 3.63) is 57.8 Å². The van der Waals surface area contributed by atoms with Crippen LogP contribution in [0.2, 0.25) is 0 Å². The highest BCUT2D eigenvalue weighted by molar-refractivity contribution is 9.10. The summed E-state index contributed by atoms with van der Waals surface area (Å²) in [6.07, 6.45) is 0. The second-order valence-corrected chi connectivity index (χ2v) is 5.73. The Morgan fingerprint density at radius 2 is 2.05 bits per heavy atom. The third kappa shape index (κ3) is 3.39. The van der Waals surface area contributed by atoms with E-state index in [4.69, 9.17) is 10.5 Å². The molecule has 1 amide bonds. The maximum atomic E-state index is 14.0. The molecule has 0 saturated heterocycles. The molecule has 0 radical (unpaired) electrons. The molecule has 0 saturated carbocycles. The lowest BCUT2D eigenvalue weighted by Gasteiger charge is -2.23. The Morgan fingerprint density at radius 3 is 2.68 bits per heavy atom. The number of primary amides is 1. The van der Waals surface area contributed by atoms with E-state index < -0.39 is 11.7 Å². The summed E-state index contributed by atoms with van der Waals surface area (Å²) in [4.78, 5) is 13.3. The SMILES string of the molecule is COc1ccccc1CN(C)c1cc(Br)cc(F)c1C(N)=O. The molecule has 116 valence electrons. The third-order valence-corrected chi connectivity index (χ3v) is 3.75. The molecule has 22 heavy (non-hydrogen) atoms. The number of carbonyl (C=O) groups is 1. The van der Waals surface area contributed by atoms with Gasteiger partial charge in [-0.15, -0.1) is 0 Å². The number of halogens is 2. The van der Waals surface area contributed by atoms with E-state index >= 15 is 0 Å². The lowest BCUT2D eigenvalue weighted by atomic mass is 10.1. The molecule has 0 fully saturated rings. The number of nitrogens with zero attached hydrogens (tertiary/aromatic N) is 1. The van der Waals surface area contributed by atoms with Crippen LogP contribution in [0.3, 0.4) is 0 Å². The molecule has 2 rings (SSSR count). The molecule has 0 aliphatic heterocycles. The Morgan fingerprint density at radius 1 is 1.36 bits per heavy atom. The maximum Gasteiger partial charge on any atom is 0.253 e. The summed E-state index contributed by atoms with van der Waals surface area (Å²) in [7, 11) is 3.35. The van der Waals surface area contributed by atoms with E-state index in [1.807, 2.05) is 24.3 Å². The number of hydrogen-bond donors (Lipinski definition) is 1. The van der Waals surface area contributed by atoms with Crippen molar-refractivity contribution in [2.45, 2.75) is 6.54 Å². The molecule has 0 atom stereocenters. The number of hydrogen-bond acceptors (Lipinski definition) is 3. The molecule has 0 heterocycles. The van der Waals surface area contributed by atoms with Crippen molar-refractivity contribution in [3.8, 4) is 5.75 Å². The van der Waals surface area contributed by atoms with Gasteiger partial charge < -0.3 is 15.4 Å². The molecule has 0 aliphatic rings. The first-order chi connectivity index (χ1) is 10.4. The minimum atomic E-state index is -0.799. The standard InChI is InChI=1S/C16H16BrFN2O2/c1-20(9-10-5-3-4-6-14(10)22-2)13-8-11(17)7-12(18)15(13)16(19)21/h3-8H,9H2,1-2H3,(H2,19,21). The smallest absolute Gasteiger partial charge is 0.253 e. The lowest BCUT2D eigenvalue weighted by molar-refractivity contribution is 0.0997. The highest BCUT2D eigenvalue weighted by Gasteiger charge is 2.19. The normalized spacial score (nSPS) is 10.4. The molecule has 0 unspecified atom stereocenters. The summed E-state index contributed by atoms with van der Waals surface area (Å²) in [5.74, 6) is -0.721. The molecule has 2 N–H and O–H groups in total. The van der Waals surface area contributed by atoms with Crippen molar-refractivity contribution >= 4 is 27.5 Å². The average Bonchev–Trinajstić information content (AvgIpc) is 2.46. The van der Waals surface area contributed by atoms with E-state index in [9.17, 15) is 9.18 Å². The van der Waals surface area contributed by atoms with Gasteiger partial charge in [-0.2, -0.15) is 0 Å². The Balaban J connectivity index is 2.41. The summed E-state index contributed by atoms with van der Waals surface area (Å²) in [6.45, 7) is 0.445. The van der Waals surface area contributed by atoms with Crippen LogP contribution >= 0.6 is 15.9 Å². The summed E-state index contributed by atoms with van der Waals surface area (Å²) in [5, 5.41) is 0. The van der Waals surface area contributed by atoms with Crippen molar-refractivity contribution in [1.82, 2.24) is 0 Å². The van der Waals surface area contributed by atoms with Crippen LogP contribution in [-0.2, 0) is 6.54 Å². The van der Waals surface area contributed by atoms with Gasteiger partial charge in [0.1, 0.15) is 11.6 Å². The second kappa shape index (κ2) is 6.79. The second-order valence-electron chi connectivity index (χ2n) is 4.81. The van der Waals surface area contributed by atoms with Gasteiger partial charge in [-0.3, -0.25) is 4.79 Å². The van der Waals surface area contributed by atoms with Crippen LogP contribution in [0, 0.1) is 5.82 Å². The Labute approximate surface area is 136 Å². The number of methoxy groups -OCH3 is 1. The highest BCUT2D eigenvalue weighted by Crippen LogP contribution is 2.29. The number of rotatable bonds is 5. The van der Waals surface area contributed by atoms with Gasteiger partial charge in [0.05, 0.1) is 18.4 Å². The Bertz CT molecular complexity index is 707. The summed E-state index contributed by atoms with van der Waals surface area (Å²) in [5.41, 5.74) is 6.52. The van der Waals surface area contributed by atoms with E-state index in [0.29, 0.717) is 16.7 Å². The van der Waals surface area contributed by atoms with Crippen LogP contribution < -0.4 is 15.4 Å². The molecular weight excluding hydrogens is 351 g/mol. The Hall–Kier alpha value is -2.08. The number of anilines is 1. The summed E-state index contributed by atoms with van der Waals surface area (Å²) >= 11 is 3.23. The first-order valence-corrected chi connectivity index (χ1v) is 7.35. The molecule has 6 heteroatoms. The number of carbonyl (C=O) groups excluding carboxylic acids is 1. The van der Waals surface area contributed by atoms with Crippen LogP contribution in [-0.4, -0.2) is 20.1 Å². The number of nitrogens with two attached hydrogens (primary N) is 1. The molecule has 4 nitrogen and oxygen atoms in total. The van der Waals surface area contributed by atoms with Crippen molar-refractivity contribution in [1.29, 1.82) is 0 Å². The first kappa shape index (κ1) is 16.3. The van der Waals surface area contributed by atoms with Gasteiger partial charge in [-0.05, 0) is 18.2 Å². The van der Waals surface area contributed by atoms with Gasteiger partial charge in [-0.1, -0.05) is 34.1 Å². The fourth-order valence-electron chi connectivity index (χ4n) is 2.28. The molecule has 0 bridgehead atoms. The predicted molar refractivity (Wildman–Crippen MR) is 87.7 cm³/mol. The summed E-state index contributed by atoms with van der Waals surface area (Å²) < 4.78 is 19.9. The maximum absolute atomic E-state index is 14.0. The zero-order chi connectivity index (χ0) is 16.3. The van der Waals surface area contributed by atoms with Crippen LogP contribution in [0.4, 0.5) is 10.1 Å². The monoisotopic (exact) mass is 366 g/mol. The fraction of sp³-hybridized carbons (Fsp3) is 0.188. The van der Waals surface area contributed by atoms with Gasteiger partial charge in [0, 0.05) is 23.6 Å². The van der Waals surface area contributed by atoms with E-state index in [0.717, 1.165) is 11.3 Å². The van der Waals surface area contributed by atoms with Crippen molar-refractivity contribution in [2.75, 3.05) is 19.1 Å². The number of benzene rings is 2. The fourth-order valence-corrected chi connectivity index (χ4v) is 2.70. The van der Waals surface area contributed by atoms with Gasteiger partial charge in [-0.25, -0.2) is 4.39 Å². The number of amides is 1. The van der Waals surface area contributed by atoms with Gasteiger partial charge in [0.2, 0.25) is 0 Å². The molecule has 0 aliphatic carbocycles. The van der Waals surface area contributed by atoms with Gasteiger partial charge in [0.25, 0.3) is 5.91 Å². The minimum Gasteiger partial charge on any atom is -0.496 e. The van der Waals surface area contributed by atoms with Crippen LogP contribution in [0.1, 0.15) is 15.9 Å². The number of para-hydroxylation sites is 1. The largest absolute Gasteiger partial charge is 0.496 e. The summed E-state index contributed by atoms with van der Waals surface area (Å²) in [6, 6.07) is 10.4. The molecule has 0 spiro atoms. The molecule has 0 aromatic heterocycles. The predicted octanol–water partition coefficient (Wildman–Crippen LogP) is 3.33. The van der Waals surface area contributed by atoms with Crippen molar-refractivity contribution in [3.63, 3.8) is 0 Å². The quantitative estimate of drug-likeness (QED) is 0.882. The highest BCUT2D eigenvalue weighted by atomic mass is 79.9. The third-order valence-electron chi connectivity index (χ3n) is 3.29. The zero-order valence-corrected chi connectivity index (χ0v) is 13.9. The van der Waals surface area contributed by atoms with Crippen molar-refractivity contribution < 1.29 is 13.9 Å². The van der Waals surface area contributed by atoms with E-state index in [1.54, 1.807) is 25.1 Å². The van der Waals surface area contributed by atoms with Gasteiger partial charge in [0.15, 0.2) is 0 Å². The average molecular weight is 367 g/mol. The topological polar surface area (TPSA) is 55.6 Å². The van der Waals surface area contributed by atoms with Crippen molar-refractivity contribution in [2.24, 2.45) is 5.73 Å². The minimum absolute atomic E-state index is 0.124. The molecule has 2 aromatic carbocycles. The first-order valence-electron chi connectivity index (χ1n) is 6.56. The van der Waals surface area contributed by atoms with E-state index in [1.165, 1.54) is 6.07 Å². The van der Waals surface area contributed by atoms with E-state index in [2.05, 4.69) is 15.9 Å². The molecule has 2 aromatic rings. The van der Waals surface area contributed by atoms with Crippen LogP contribution in [0.15, 0.2) is 40.9 Å². The molecular formula is C16H16BrFN2O2. The Kier molecular flexibility index (Phi) is 5.03. The lowest BCUT2D eigenvalue weighted by Crippen LogP contribution is -2.23. The number of ether oxygens (including phenoxy) is 1. The van der Waals surface area contributed by atoms with E-state index in [-0.39, 0.29) is 5.56 Å². The van der Waals surface area contributed by atoms with Crippen LogP contribution in [0.5, 0.6) is 5.75 Å². The van der Waals surface area contributed by atoms with Crippen LogP contribution in [0.25, 0.3) is 0 Å². The van der Waals surface area contributed by atoms with Gasteiger partial charge >= 0.3 is 0 Å². The zero-order valence-electron chi connectivity index (χ0n) is 12.3.